The molecule has 1 aliphatic heterocycles. The summed E-state index contributed by atoms with van der Waals surface area (Å²) in [5.74, 6) is 0.0537. The van der Waals surface area contributed by atoms with Crippen LogP contribution in [0.1, 0.15) is 24.8 Å². The highest BCUT2D eigenvalue weighted by molar-refractivity contribution is 5.90. The Morgan fingerprint density at radius 3 is 2.86 bits per heavy atom. The zero-order chi connectivity index (χ0) is 15.1. The lowest BCUT2D eigenvalue weighted by atomic mass is 10.1. The minimum absolute atomic E-state index is 0.0537. The molecule has 1 heterocycles. The quantitative estimate of drug-likeness (QED) is 0.835. The lowest BCUT2D eigenvalue weighted by molar-refractivity contribution is -0.116. The lowest BCUT2D eigenvalue weighted by Crippen LogP contribution is -2.38. The van der Waals surface area contributed by atoms with Crippen molar-refractivity contribution in [2.75, 3.05) is 32.1 Å². The van der Waals surface area contributed by atoms with Crippen molar-refractivity contribution in [3.63, 3.8) is 0 Å². The van der Waals surface area contributed by atoms with Crippen LogP contribution in [0.25, 0.3) is 0 Å². The molecule has 116 valence electrons. The van der Waals surface area contributed by atoms with Gasteiger partial charge in [-0.15, -0.1) is 0 Å². The van der Waals surface area contributed by atoms with E-state index in [2.05, 4.69) is 10.2 Å². The first-order valence-electron chi connectivity index (χ1n) is 7.55. The minimum Gasteiger partial charge on any atom is -0.381 e. The highest BCUT2D eigenvalue weighted by Crippen LogP contribution is 2.14. The number of anilines is 1. The normalized spacial score (nSPS) is 16.9. The molecule has 1 saturated heterocycles. The molecule has 0 aromatic heterocycles. The fourth-order valence-corrected chi connectivity index (χ4v) is 2.63. The van der Waals surface area contributed by atoms with Gasteiger partial charge >= 0.3 is 0 Å². The Kier molecular flexibility index (Phi) is 6.17. The van der Waals surface area contributed by atoms with Crippen LogP contribution in [0.3, 0.4) is 0 Å². The van der Waals surface area contributed by atoms with Gasteiger partial charge in [-0.3, -0.25) is 4.79 Å². The van der Waals surface area contributed by atoms with E-state index in [1.165, 1.54) is 0 Å². The van der Waals surface area contributed by atoms with Crippen LogP contribution in [0.4, 0.5) is 5.69 Å². The van der Waals surface area contributed by atoms with Crippen LogP contribution >= 0.6 is 0 Å². The highest BCUT2D eigenvalue weighted by atomic mass is 16.5. The lowest BCUT2D eigenvalue weighted by Gasteiger charge is -2.30. The summed E-state index contributed by atoms with van der Waals surface area (Å²) in [7, 11) is 1.77. The summed E-state index contributed by atoms with van der Waals surface area (Å²) in [6.45, 7) is 3.31. The second-order valence-electron chi connectivity index (χ2n) is 5.48. The van der Waals surface area contributed by atoms with E-state index in [9.17, 15) is 4.79 Å². The number of benzene rings is 1. The smallest absolute Gasteiger partial charge is 0.225 e. The first-order valence-corrected chi connectivity index (χ1v) is 7.55. The Labute approximate surface area is 126 Å². The molecule has 1 amide bonds. The number of nitrogens with zero attached hydrogens (tertiary/aromatic N) is 1. The van der Waals surface area contributed by atoms with Gasteiger partial charge in [-0.1, -0.05) is 12.1 Å². The average Bonchev–Trinajstić information content (AvgIpc) is 2.53. The Balaban J connectivity index is 1.72. The molecule has 0 aliphatic carbocycles. The molecule has 0 atom stereocenters. The van der Waals surface area contributed by atoms with E-state index >= 15 is 0 Å². The first-order chi connectivity index (χ1) is 10.2. The van der Waals surface area contributed by atoms with Gasteiger partial charge in [0.1, 0.15) is 0 Å². The standard InChI is InChI=1S/C16H25N3O2/c1-21-15-5-8-19(9-6-15)10-7-16(20)18-14-4-2-3-13(11-14)12-17/h2-4,11,15H,5-10,12,17H2,1H3,(H,18,20). The number of amides is 1. The highest BCUT2D eigenvalue weighted by Gasteiger charge is 2.18. The minimum atomic E-state index is 0.0537. The van der Waals surface area contributed by atoms with E-state index in [1.807, 2.05) is 24.3 Å². The number of likely N-dealkylation sites (tertiary alicyclic amines) is 1. The number of nitrogens with one attached hydrogen (secondary N) is 1. The molecule has 1 fully saturated rings. The van der Waals surface area contributed by atoms with Crippen molar-refractivity contribution < 1.29 is 9.53 Å². The Hall–Kier alpha value is -1.43. The molecule has 0 unspecified atom stereocenters. The van der Waals surface area contributed by atoms with Crippen molar-refractivity contribution in [2.45, 2.75) is 31.9 Å². The van der Waals surface area contributed by atoms with Crippen LogP contribution < -0.4 is 11.1 Å². The molecule has 1 aromatic carbocycles. The summed E-state index contributed by atoms with van der Waals surface area (Å²) in [6, 6.07) is 7.67. The third-order valence-corrected chi connectivity index (χ3v) is 3.97. The maximum Gasteiger partial charge on any atom is 0.225 e. The van der Waals surface area contributed by atoms with Gasteiger partial charge in [0.05, 0.1) is 6.10 Å². The predicted octanol–water partition coefficient (Wildman–Crippen LogP) is 1.58. The number of ether oxygens (including phenoxy) is 1. The first kappa shape index (κ1) is 15.9. The van der Waals surface area contributed by atoms with E-state index in [0.29, 0.717) is 19.1 Å². The van der Waals surface area contributed by atoms with Crippen LogP contribution in [0.5, 0.6) is 0 Å². The number of carbonyl (C=O) groups is 1. The third-order valence-electron chi connectivity index (χ3n) is 3.97. The molecule has 5 heteroatoms. The number of hydrogen-bond donors (Lipinski definition) is 2. The van der Waals surface area contributed by atoms with Gasteiger partial charge in [0.15, 0.2) is 0 Å². The molecular weight excluding hydrogens is 266 g/mol. The number of piperidine rings is 1. The fraction of sp³-hybridized carbons (Fsp3) is 0.562. The Morgan fingerprint density at radius 1 is 1.43 bits per heavy atom. The predicted molar refractivity (Wildman–Crippen MR) is 84.1 cm³/mol. The number of carbonyl (C=O) groups excluding carboxylic acids is 1. The zero-order valence-corrected chi connectivity index (χ0v) is 12.7. The van der Waals surface area contributed by atoms with Gasteiger partial charge in [-0.2, -0.15) is 0 Å². The summed E-state index contributed by atoms with van der Waals surface area (Å²) in [6.07, 6.45) is 3.01. The summed E-state index contributed by atoms with van der Waals surface area (Å²) < 4.78 is 5.35. The molecule has 1 aromatic rings. The number of methoxy groups -OCH3 is 1. The van der Waals surface area contributed by atoms with Crippen LogP contribution in [0.2, 0.25) is 0 Å². The number of nitrogens with two attached hydrogens (primary N) is 1. The van der Waals surface area contributed by atoms with Crippen LogP contribution in [-0.4, -0.2) is 43.7 Å². The molecule has 0 saturated carbocycles. The van der Waals surface area contributed by atoms with Crippen molar-refractivity contribution in [3.05, 3.63) is 29.8 Å². The summed E-state index contributed by atoms with van der Waals surface area (Å²) >= 11 is 0. The van der Waals surface area contributed by atoms with Crippen molar-refractivity contribution >= 4 is 11.6 Å². The number of hydrogen-bond acceptors (Lipinski definition) is 4. The van der Waals surface area contributed by atoms with Crippen LogP contribution in [0, 0.1) is 0 Å². The molecular formula is C16H25N3O2. The van der Waals surface area contributed by atoms with E-state index in [0.717, 1.165) is 43.7 Å². The molecule has 2 rings (SSSR count). The Bertz CT molecular complexity index is 457. The molecule has 21 heavy (non-hydrogen) atoms. The third kappa shape index (κ3) is 5.12. The summed E-state index contributed by atoms with van der Waals surface area (Å²) in [4.78, 5) is 14.3. The zero-order valence-electron chi connectivity index (χ0n) is 12.7. The largest absolute Gasteiger partial charge is 0.381 e. The topological polar surface area (TPSA) is 67.6 Å². The second-order valence-corrected chi connectivity index (χ2v) is 5.48. The van der Waals surface area contributed by atoms with Gasteiger partial charge in [0.25, 0.3) is 0 Å². The van der Waals surface area contributed by atoms with Crippen molar-refractivity contribution in [1.29, 1.82) is 0 Å². The van der Waals surface area contributed by atoms with Gasteiger partial charge in [0, 0.05) is 45.4 Å². The molecule has 1 aliphatic rings. The average molecular weight is 291 g/mol. The van der Waals surface area contributed by atoms with E-state index < -0.39 is 0 Å². The van der Waals surface area contributed by atoms with E-state index in [-0.39, 0.29) is 5.91 Å². The van der Waals surface area contributed by atoms with Crippen LogP contribution in [-0.2, 0) is 16.1 Å². The van der Waals surface area contributed by atoms with Gasteiger partial charge in [-0.05, 0) is 30.5 Å². The molecule has 3 N–H and O–H groups in total. The fourth-order valence-electron chi connectivity index (χ4n) is 2.63. The van der Waals surface area contributed by atoms with Gasteiger partial charge in [-0.25, -0.2) is 0 Å². The van der Waals surface area contributed by atoms with Crippen LogP contribution in [0.15, 0.2) is 24.3 Å². The molecule has 0 radical (unpaired) electrons. The van der Waals surface area contributed by atoms with E-state index in [4.69, 9.17) is 10.5 Å². The molecule has 5 nitrogen and oxygen atoms in total. The van der Waals surface area contributed by atoms with Crippen molar-refractivity contribution in [3.8, 4) is 0 Å². The van der Waals surface area contributed by atoms with Crippen molar-refractivity contribution in [2.24, 2.45) is 5.73 Å². The second kappa shape index (κ2) is 8.12. The van der Waals surface area contributed by atoms with Gasteiger partial charge in [0.2, 0.25) is 5.91 Å². The number of rotatable bonds is 6. The monoisotopic (exact) mass is 291 g/mol. The SMILES string of the molecule is COC1CCN(CCC(=O)Nc2cccc(CN)c2)CC1. The molecule has 0 bridgehead atoms. The summed E-state index contributed by atoms with van der Waals surface area (Å²) in [5, 5.41) is 2.93. The van der Waals surface area contributed by atoms with Gasteiger partial charge < -0.3 is 20.7 Å². The maximum absolute atomic E-state index is 12.0. The summed E-state index contributed by atoms with van der Waals surface area (Å²) in [5.41, 5.74) is 7.44. The van der Waals surface area contributed by atoms with E-state index in [1.54, 1.807) is 7.11 Å². The Morgan fingerprint density at radius 2 is 2.19 bits per heavy atom. The molecule has 0 spiro atoms. The van der Waals surface area contributed by atoms with Crippen molar-refractivity contribution in [1.82, 2.24) is 4.90 Å². The maximum atomic E-state index is 12.0.